The van der Waals surface area contributed by atoms with Crippen molar-refractivity contribution in [1.29, 1.82) is 0 Å². The van der Waals surface area contributed by atoms with Crippen LogP contribution >= 0.6 is 7.53 Å². The van der Waals surface area contributed by atoms with Gasteiger partial charge in [-0.15, -0.1) is 7.53 Å². The van der Waals surface area contributed by atoms with Crippen LogP contribution in [-0.4, -0.2) is 8.80 Å². The Hall–Kier alpha value is -3.26. The molecule has 0 fully saturated rings. The molecule has 0 saturated carbocycles. The zero-order valence-electron chi connectivity index (χ0n) is 28.8. The van der Waals surface area contributed by atoms with Crippen molar-refractivity contribution < 1.29 is 9.13 Å². The first kappa shape index (κ1) is 30.4. The molecule has 0 bridgehead atoms. The predicted octanol–water partition coefficient (Wildman–Crippen LogP) is 9.24. The van der Waals surface area contributed by atoms with E-state index in [1.165, 1.54) is 60.2 Å². The molecule has 230 valence electrons. The standard InChI is InChI=1S/C41H49N2PSi/c1-12-25(4)28-20-21-29(35-38-33(44(9)39(28)35)23-27(45(10)11)24-42(38)8)26(5)36-30-17-15-18-31-34(30)37-32(40(31,6)7)19-16-22-43(37)41(36,13-2)14-3/h12,15-24,26,36,45H,1,4,13-14H2,2-3,5-11H3/q+2. The Labute approximate surface area is 272 Å². The second-order valence-electron chi connectivity index (χ2n) is 14.6. The highest BCUT2D eigenvalue weighted by Crippen LogP contribution is 2.60. The largest absolute Gasteiger partial charge is 0.224 e. The van der Waals surface area contributed by atoms with Crippen LogP contribution in [0.3, 0.4) is 0 Å². The fourth-order valence-corrected chi connectivity index (χ4v) is 12.9. The van der Waals surface area contributed by atoms with Gasteiger partial charge in [-0.3, -0.25) is 0 Å². The van der Waals surface area contributed by atoms with E-state index < -0.39 is 16.3 Å². The highest BCUT2D eigenvalue weighted by atomic mass is 31.1. The molecule has 5 aromatic rings. The van der Waals surface area contributed by atoms with Crippen LogP contribution in [0.25, 0.3) is 38.0 Å². The number of nitrogens with zero attached hydrogens (tertiary/aromatic N) is 2. The van der Waals surface area contributed by atoms with E-state index in [2.05, 4.69) is 145 Å². The lowest BCUT2D eigenvalue weighted by Gasteiger charge is -2.43. The second kappa shape index (κ2) is 10.4. The lowest BCUT2D eigenvalue weighted by atomic mass is 9.64. The fourth-order valence-electron chi connectivity index (χ4n) is 9.46. The van der Waals surface area contributed by atoms with Crippen molar-refractivity contribution in [3.63, 3.8) is 0 Å². The molecule has 2 nitrogen and oxygen atoms in total. The van der Waals surface area contributed by atoms with Crippen LogP contribution < -0.4 is 14.3 Å². The summed E-state index contributed by atoms with van der Waals surface area (Å²) in [5, 5.41) is 6.04. The molecule has 3 atom stereocenters. The van der Waals surface area contributed by atoms with Crippen molar-refractivity contribution in [3.8, 4) is 11.3 Å². The quantitative estimate of drug-likeness (QED) is 0.0965. The fraction of sp³-hybridized carbons (Fsp3) is 0.366. The number of rotatable bonds is 7. The van der Waals surface area contributed by atoms with Crippen LogP contribution in [0.15, 0.2) is 80.2 Å². The summed E-state index contributed by atoms with van der Waals surface area (Å²) in [6, 6.07) is 19.3. The third-order valence-corrected chi connectivity index (χ3v) is 15.8. The van der Waals surface area contributed by atoms with Crippen LogP contribution in [0.4, 0.5) is 0 Å². The molecule has 4 heteroatoms. The average Bonchev–Trinajstić information content (AvgIpc) is 3.47. The summed E-state index contributed by atoms with van der Waals surface area (Å²) < 4.78 is 5.18. The van der Waals surface area contributed by atoms with E-state index in [0.29, 0.717) is 11.8 Å². The van der Waals surface area contributed by atoms with E-state index in [4.69, 9.17) is 0 Å². The molecule has 0 spiro atoms. The number of fused-ring (bicyclic) bond motifs is 3. The Morgan fingerprint density at radius 2 is 1.78 bits per heavy atom. The molecule has 3 unspecified atom stereocenters. The first-order valence-corrected chi connectivity index (χ1v) is 21.6. The van der Waals surface area contributed by atoms with Crippen LogP contribution in [-0.2, 0) is 24.7 Å². The topological polar surface area (TPSA) is 7.76 Å². The molecular formula is C41H49N2PSi+2. The molecule has 0 N–H and O–H groups in total. The number of aryl methyl sites for hydroxylation is 2. The van der Waals surface area contributed by atoms with E-state index in [-0.39, 0.29) is 11.0 Å². The first-order chi connectivity index (χ1) is 21.4. The maximum absolute atomic E-state index is 4.47. The van der Waals surface area contributed by atoms with E-state index in [0.717, 1.165) is 18.4 Å². The van der Waals surface area contributed by atoms with Gasteiger partial charge in [0.15, 0.2) is 17.9 Å². The van der Waals surface area contributed by atoms with Gasteiger partial charge in [-0.05, 0) is 57.7 Å². The molecule has 0 saturated heterocycles. The van der Waals surface area contributed by atoms with Gasteiger partial charge in [-0.2, -0.15) is 4.57 Å². The number of aromatic nitrogens is 2. The Balaban J connectivity index is 1.58. The van der Waals surface area contributed by atoms with Gasteiger partial charge in [-0.25, -0.2) is 4.57 Å². The number of hydrogen-bond donors (Lipinski definition) is 0. The minimum atomic E-state index is -0.963. The van der Waals surface area contributed by atoms with Gasteiger partial charge < -0.3 is 0 Å². The maximum Gasteiger partial charge on any atom is 0.224 e. The second-order valence-corrected chi connectivity index (χ2v) is 19.6. The average molecular weight is 629 g/mol. The van der Waals surface area contributed by atoms with Crippen molar-refractivity contribution in [2.75, 3.05) is 0 Å². The Kier molecular flexibility index (Phi) is 7.01. The Morgan fingerprint density at radius 3 is 2.44 bits per heavy atom. The van der Waals surface area contributed by atoms with Crippen molar-refractivity contribution >= 4 is 48.2 Å². The van der Waals surface area contributed by atoms with Gasteiger partial charge in [0, 0.05) is 35.0 Å². The molecular weight excluding hydrogens is 580 g/mol. The number of hydrogen-bond acceptors (Lipinski definition) is 0. The third kappa shape index (κ3) is 3.87. The normalized spacial score (nSPS) is 18.4. The van der Waals surface area contributed by atoms with Crippen LogP contribution in [0.1, 0.15) is 87.1 Å². The number of benzene rings is 2. The van der Waals surface area contributed by atoms with Crippen LogP contribution in [0.2, 0.25) is 13.1 Å². The van der Waals surface area contributed by atoms with Gasteiger partial charge in [0.1, 0.15) is 7.05 Å². The molecule has 0 radical (unpaired) electrons. The van der Waals surface area contributed by atoms with E-state index in [1.54, 1.807) is 5.19 Å². The maximum atomic E-state index is 4.47. The lowest BCUT2D eigenvalue weighted by Crippen LogP contribution is -2.63. The van der Waals surface area contributed by atoms with E-state index in [9.17, 15) is 0 Å². The summed E-state index contributed by atoms with van der Waals surface area (Å²) in [6.45, 7) is 28.2. The molecule has 4 heterocycles. The van der Waals surface area contributed by atoms with Gasteiger partial charge in [-0.1, -0.05) is 97.3 Å². The van der Waals surface area contributed by atoms with Gasteiger partial charge in [0.2, 0.25) is 11.2 Å². The Bertz CT molecular complexity index is 2070. The zero-order valence-corrected chi connectivity index (χ0v) is 30.8. The zero-order chi connectivity index (χ0) is 32.2. The summed E-state index contributed by atoms with van der Waals surface area (Å²) in [7, 11) is 0.799. The summed E-state index contributed by atoms with van der Waals surface area (Å²) >= 11 is 0. The summed E-state index contributed by atoms with van der Waals surface area (Å²) in [5.74, 6) is 0.638. The van der Waals surface area contributed by atoms with Crippen molar-refractivity contribution in [1.82, 2.24) is 0 Å². The van der Waals surface area contributed by atoms with Crippen LogP contribution in [0, 0.1) is 0 Å². The van der Waals surface area contributed by atoms with E-state index in [1.807, 2.05) is 6.08 Å². The minimum Gasteiger partial charge on any atom is -0.200 e. The SMILES string of the molecule is C=CC(=C)c1ccc(C(C)C2c3cccc4c3-c3c(ccc[n+]3C2(CC)CC)C4(C)C)c2c3c(cc([SiH](C)C)c[n+]3C)p(C)c12. The van der Waals surface area contributed by atoms with Crippen molar-refractivity contribution in [2.45, 2.75) is 83.3 Å². The molecule has 7 rings (SSSR count). The third-order valence-electron chi connectivity index (χ3n) is 11.9. The minimum absolute atomic E-state index is 0.00877. The highest BCUT2D eigenvalue weighted by Gasteiger charge is 2.58. The molecule has 3 aromatic heterocycles. The summed E-state index contributed by atoms with van der Waals surface area (Å²) in [6.07, 6.45) is 8.94. The predicted molar refractivity (Wildman–Crippen MR) is 198 cm³/mol. The van der Waals surface area contributed by atoms with Gasteiger partial charge >= 0.3 is 0 Å². The number of allylic oxidation sites excluding steroid dienone is 2. The van der Waals surface area contributed by atoms with E-state index >= 15 is 0 Å². The first-order valence-electron chi connectivity index (χ1n) is 16.9. The van der Waals surface area contributed by atoms with Crippen molar-refractivity contribution in [3.05, 3.63) is 108 Å². The molecule has 2 aliphatic rings. The number of pyridine rings is 2. The molecule has 2 aromatic carbocycles. The summed E-state index contributed by atoms with van der Waals surface area (Å²) in [5.41, 5.74) is 12.6. The van der Waals surface area contributed by atoms with Gasteiger partial charge in [0.25, 0.3) is 0 Å². The summed E-state index contributed by atoms with van der Waals surface area (Å²) in [4.78, 5) is 0. The smallest absolute Gasteiger partial charge is 0.200 e. The molecule has 45 heavy (non-hydrogen) atoms. The monoisotopic (exact) mass is 628 g/mol. The highest BCUT2D eigenvalue weighted by molar-refractivity contribution is 7.59. The molecule has 0 amide bonds. The van der Waals surface area contributed by atoms with Crippen molar-refractivity contribution in [2.24, 2.45) is 13.7 Å². The lowest BCUT2D eigenvalue weighted by molar-refractivity contribution is -0.763. The van der Waals surface area contributed by atoms with Crippen LogP contribution in [0.5, 0.6) is 0 Å². The van der Waals surface area contributed by atoms with Gasteiger partial charge in [0.05, 0.1) is 30.8 Å². The molecule has 1 aliphatic heterocycles. The molecule has 1 aliphatic carbocycles. The Morgan fingerprint density at radius 1 is 1.07 bits per heavy atom.